The Labute approximate surface area is 143 Å². The minimum Gasteiger partial charge on any atom is -0.361 e. The van der Waals surface area contributed by atoms with Crippen molar-refractivity contribution in [1.82, 2.24) is 15.0 Å². The van der Waals surface area contributed by atoms with E-state index in [1.54, 1.807) is 0 Å². The van der Waals surface area contributed by atoms with Crippen LogP contribution < -0.4 is 0 Å². The lowest BCUT2D eigenvalue weighted by Gasteiger charge is -2.34. The van der Waals surface area contributed by atoms with Crippen LogP contribution in [0.3, 0.4) is 0 Å². The van der Waals surface area contributed by atoms with Crippen molar-refractivity contribution in [2.75, 3.05) is 26.2 Å². The number of amides is 1. The predicted molar refractivity (Wildman–Crippen MR) is 83.9 cm³/mol. The van der Waals surface area contributed by atoms with Crippen LogP contribution in [0.4, 0.5) is 13.2 Å². The molecule has 2 heterocycles. The molecule has 0 spiro atoms. The first kappa shape index (κ1) is 17.5. The Balaban J connectivity index is 1.64. The number of carbonyl (C=O) groups excluding carboxylic acids is 1. The average molecular weight is 353 g/mol. The zero-order chi connectivity index (χ0) is 18.0. The molecule has 1 aliphatic rings. The number of aryl methyl sites for hydroxylation is 1. The van der Waals surface area contributed by atoms with Crippen molar-refractivity contribution in [1.29, 1.82) is 0 Å². The minimum absolute atomic E-state index is 0.296. The van der Waals surface area contributed by atoms with E-state index in [0.29, 0.717) is 32.7 Å². The number of halogens is 3. The maximum atomic E-state index is 13.1. The summed E-state index contributed by atoms with van der Waals surface area (Å²) in [4.78, 5) is 16.1. The lowest BCUT2D eigenvalue weighted by atomic mass is 10.1. The number of piperazine rings is 1. The standard InChI is InChI=1S/C17H18F3N3O2/c1-12-10-13(21-25-12)11-22-6-8-23(9-7-22)16(24)14-4-2-3-5-15(14)17(18,19)20/h2-5,10H,6-9,11H2,1H3. The van der Waals surface area contributed by atoms with Gasteiger partial charge >= 0.3 is 6.18 Å². The lowest BCUT2D eigenvalue weighted by Crippen LogP contribution is -2.48. The van der Waals surface area contributed by atoms with E-state index in [1.165, 1.54) is 23.1 Å². The number of nitrogens with zero attached hydrogens (tertiary/aromatic N) is 3. The first-order valence-corrected chi connectivity index (χ1v) is 7.94. The maximum Gasteiger partial charge on any atom is 0.417 e. The molecule has 134 valence electrons. The molecular formula is C17H18F3N3O2. The molecule has 0 atom stereocenters. The average Bonchev–Trinajstić information content (AvgIpc) is 2.99. The van der Waals surface area contributed by atoms with Gasteiger partial charge in [0, 0.05) is 38.8 Å². The molecule has 3 rings (SSSR count). The van der Waals surface area contributed by atoms with Crippen LogP contribution in [-0.4, -0.2) is 47.0 Å². The smallest absolute Gasteiger partial charge is 0.361 e. The fourth-order valence-electron chi connectivity index (χ4n) is 2.92. The van der Waals surface area contributed by atoms with E-state index < -0.39 is 17.6 Å². The molecule has 5 nitrogen and oxygen atoms in total. The fourth-order valence-corrected chi connectivity index (χ4v) is 2.92. The molecule has 0 N–H and O–H groups in total. The van der Waals surface area contributed by atoms with Crippen LogP contribution in [0, 0.1) is 6.92 Å². The Morgan fingerprint density at radius 1 is 1.20 bits per heavy atom. The van der Waals surface area contributed by atoms with Crippen LogP contribution in [0.2, 0.25) is 0 Å². The summed E-state index contributed by atoms with van der Waals surface area (Å²) in [5.41, 5.74) is -0.379. The summed E-state index contributed by atoms with van der Waals surface area (Å²) in [6, 6.07) is 6.76. The molecule has 1 amide bonds. The second-order valence-electron chi connectivity index (χ2n) is 6.04. The number of carbonyl (C=O) groups is 1. The van der Waals surface area contributed by atoms with Crippen LogP contribution in [-0.2, 0) is 12.7 Å². The number of rotatable bonds is 3. The van der Waals surface area contributed by atoms with E-state index >= 15 is 0 Å². The van der Waals surface area contributed by atoms with Gasteiger partial charge < -0.3 is 9.42 Å². The summed E-state index contributed by atoms with van der Waals surface area (Å²) >= 11 is 0. The number of hydrogen-bond donors (Lipinski definition) is 0. The summed E-state index contributed by atoms with van der Waals surface area (Å²) in [5, 5.41) is 3.93. The van der Waals surface area contributed by atoms with Gasteiger partial charge in [-0.15, -0.1) is 0 Å². The Bertz CT molecular complexity index is 750. The van der Waals surface area contributed by atoms with Crippen molar-refractivity contribution in [2.24, 2.45) is 0 Å². The van der Waals surface area contributed by atoms with E-state index in [-0.39, 0.29) is 5.56 Å². The summed E-state index contributed by atoms with van der Waals surface area (Å²) in [6.45, 7) is 4.31. The second-order valence-corrected chi connectivity index (χ2v) is 6.04. The first-order valence-electron chi connectivity index (χ1n) is 7.94. The van der Waals surface area contributed by atoms with Crippen LogP contribution in [0.5, 0.6) is 0 Å². The highest BCUT2D eigenvalue weighted by atomic mass is 19.4. The van der Waals surface area contributed by atoms with E-state index in [1.807, 2.05) is 13.0 Å². The van der Waals surface area contributed by atoms with Crippen LogP contribution in [0.1, 0.15) is 27.4 Å². The molecule has 25 heavy (non-hydrogen) atoms. The maximum absolute atomic E-state index is 13.1. The van der Waals surface area contributed by atoms with Gasteiger partial charge in [0.25, 0.3) is 5.91 Å². The van der Waals surface area contributed by atoms with Gasteiger partial charge in [0.1, 0.15) is 5.76 Å². The van der Waals surface area contributed by atoms with Crippen molar-refractivity contribution in [3.8, 4) is 0 Å². The molecule has 2 aromatic rings. The molecule has 0 aliphatic carbocycles. The van der Waals surface area contributed by atoms with Gasteiger partial charge in [0.2, 0.25) is 0 Å². The second kappa shape index (κ2) is 6.87. The molecule has 8 heteroatoms. The molecule has 0 saturated carbocycles. The Morgan fingerprint density at radius 3 is 2.48 bits per heavy atom. The van der Waals surface area contributed by atoms with Crippen molar-refractivity contribution >= 4 is 5.91 Å². The van der Waals surface area contributed by atoms with Gasteiger partial charge in [-0.1, -0.05) is 17.3 Å². The molecular weight excluding hydrogens is 335 g/mol. The van der Waals surface area contributed by atoms with Crippen molar-refractivity contribution in [3.63, 3.8) is 0 Å². The Kier molecular flexibility index (Phi) is 4.80. The number of hydrogen-bond acceptors (Lipinski definition) is 4. The highest BCUT2D eigenvalue weighted by molar-refractivity contribution is 5.96. The van der Waals surface area contributed by atoms with Gasteiger partial charge in [0.15, 0.2) is 0 Å². The normalized spacial score (nSPS) is 16.2. The largest absolute Gasteiger partial charge is 0.417 e. The van der Waals surface area contributed by atoms with Crippen LogP contribution in [0.25, 0.3) is 0 Å². The van der Waals surface area contributed by atoms with Gasteiger partial charge in [-0.2, -0.15) is 13.2 Å². The van der Waals surface area contributed by atoms with Gasteiger partial charge in [-0.25, -0.2) is 0 Å². The Hall–Kier alpha value is -2.35. The third-order valence-electron chi connectivity index (χ3n) is 4.18. The molecule has 1 saturated heterocycles. The van der Waals surface area contributed by atoms with Crippen LogP contribution >= 0.6 is 0 Å². The van der Waals surface area contributed by atoms with Gasteiger partial charge in [-0.05, 0) is 19.1 Å². The first-order chi connectivity index (χ1) is 11.8. The quantitative estimate of drug-likeness (QED) is 0.851. The minimum atomic E-state index is -4.54. The summed E-state index contributed by atoms with van der Waals surface area (Å²) in [5.74, 6) is 0.150. The molecule has 0 radical (unpaired) electrons. The zero-order valence-corrected chi connectivity index (χ0v) is 13.7. The molecule has 1 aromatic heterocycles. The zero-order valence-electron chi connectivity index (χ0n) is 13.7. The van der Waals surface area contributed by atoms with E-state index in [4.69, 9.17) is 4.52 Å². The van der Waals surface area contributed by atoms with Gasteiger partial charge in [-0.3, -0.25) is 9.69 Å². The summed E-state index contributed by atoms with van der Waals surface area (Å²) in [6.07, 6.45) is -4.54. The van der Waals surface area contributed by atoms with Crippen molar-refractivity contribution < 1.29 is 22.5 Å². The monoisotopic (exact) mass is 353 g/mol. The topological polar surface area (TPSA) is 49.6 Å². The number of aromatic nitrogens is 1. The highest BCUT2D eigenvalue weighted by Gasteiger charge is 2.36. The van der Waals surface area contributed by atoms with Gasteiger partial charge in [0.05, 0.1) is 16.8 Å². The third kappa shape index (κ3) is 4.01. The fraction of sp³-hybridized carbons (Fsp3) is 0.412. The molecule has 1 aromatic carbocycles. The molecule has 0 bridgehead atoms. The predicted octanol–water partition coefficient (Wildman–Crippen LogP) is 2.96. The molecule has 1 fully saturated rings. The molecule has 0 unspecified atom stereocenters. The summed E-state index contributed by atoms with van der Waals surface area (Å²) < 4.78 is 44.3. The molecule has 1 aliphatic heterocycles. The van der Waals surface area contributed by atoms with Crippen LogP contribution in [0.15, 0.2) is 34.9 Å². The highest BCUT2D eigenvalue weighted by Crippen LogP contribution is 2.32. The summed E-state index contributed by atoms with van der Waals surface area (Å²) in [7, 11) is 0. The van der Waals surface area contributed by atoms with E-state index in [2.05, 4.69) is 10.1 Å². The lowest BCUT2D eigenvalue weighted by molar-refractivity contribution is -0.138. The number of alkyl halides is 3. The third-order valence-corrected chi connectivity index (χ3v) is 4.18. The SMILES string of the molecule is Cc1cc(CN2CCN(C(=O)c3ccccc3C(F)(F)F)CC2)no1. The van der Waals surface area contributed by atoms with Crippen molar-refractivity contribution in [3.05, 3.63) is 52.9 Å². The van der Waals surface area contributed by atoms with E-state index in [0.717, 1.165) is 17.5 Å². The van der Waals surface area contributed by atoms with E-state index in [9.17, 15) is 18.0 Å². The Morgan fingerprint density at radius 2 is 1.88 bits per heavy atom. The van der Waals surface area contributed by atoms with Crippen molar-refractivity contribution in [2.45, 2.75) is 19.6 Å². The number of benzene rings is 1.